The van der Waals surface area contributed by atoms with E-state index < -0.39 is 5.97 Å². The number of nitrogens with zero attached hydrogens (tertiary/aromatic N) is 1. The van der Waals surface area contributed by atoms with Crippen LogP contribution in [0.5, 0.6) is 0 Å². The zero-order valence-corrected chi connectivity index (χ0v) is 9.05. The molecule has 1 aromatic carbocycles. The largest absolute Gasteiger partial charge is 0.456 e. The minimum Gasteiger partial charge on any atom is -0.456 e. The van der Waals surface area contributed by atoms with Crippen LogP contribution in [-0.2, 0) is 21.0 Å². The number of oxime groups is 1. The molecule has 0 saturated heterocycles. The van der Waals surface area contributed by atoms with E-state index in [0.717, 1.165) is 5.56 Å². The number of ether oxygens (including phenoxy) is 1. The molecule has 1 aromatic rings. The van der Waals surface area contributed by atoms with E-state index in [1.54, 1.807) is 0 Å². The Morgan fingerprint density at radius 1 is 1.50 bits per heavy atom. The average Bonchev–Trinajstić information content (AvgIpc) is 2.74. The predicted molar refractivity (Wildman–Crippen MR) is 58.8 cm³/mol. The van der Waals surface area contributed by atoms with Crippen LogP contribution in [0.1, 0.15) is 18.9 Å². The van der Waals surface area contributed by atoms with Crippen LogP contribution >= 0.6 is 0 Å². The van der Waals surface area contributed by atoms with E-state index in [1.165, 1.54) is 0 Å². The lowest BCUT2D eigenvalue weighted by atomic mass is 10.2. The Balaban J connectivity index is 1.85. The van der Waals surface area contributed by atoms with Crippen molar-refractivity contribution in [1.29, 1.82) is 0 Å². The van der Waals surface area contributed by atoms with Crippen LogP contribution in [0.3, 0.4) is 0 Å². The summed E-state index contributed by atoms with van der Waals surface area (Å²) < 4.78 is 5.11. The fourth-order valence-electron chi connectivity index (χ4n) is 1.43. The molecule has 2 rings (SSSR count). The summed E-state index contributed by atoms with van der Waals surface area (Å²) in [5.41, 5.74) is 1.33. The third-order valence-electron chi connectivity index (χ3n) is 2.27. The van der Waals surface area contributed by atoms with Crippen molar-refractivity contribution in [2.75, 3.05) is 0 Å². The molecule has 1 aliphatic rings. The molecule has 84 valence electrons. The molecule has 0 saturated carbocycles. The maximum Gasteiger partial charge on any atom is 0.356 e. The average molecular weight is 219 g/mol. The number of esters is 1. The highest BCUT2D eigenvalue weighted by Crippen LogP contribution is 2.11. The van der Waals surface area contributed by atoms with E-state index in [2.05, 4.69) is 5.16 Å². The number of carbonyl (C=O) groups is 1. The minimum absolute atomic E-state index is 0.0284. The van der Waals surface area contributed by atoms with Gasteiger partial charge in [0.2, 0.25) is 0 Å². The Bertz CT molecular complexity index is 400. The maximum atomic E-state index is 11.5. The lowest BCUT2D eigenvalue weighted by molar-refractivity contribution is -0.136. The molecule has 0 bridgehead atoms. The molecule has 1 atom stereocenters. The molecule has 1 aliphatic heterocycles. The highest BCUT2D eigenvalue weighted by molar-refractivity contribution is 6.36. The zero-order chi connectivity index (χ0) is 11.4. The Kier molecular flexibility index (Phi) is 3.19. The summed E-state index contributed by atoms with van der Waals surface area (Å²) in [6.45, 7) is 2.13. The summed E-state index contributed by atoms with van der Waals surface area (Å²) in [4.78, 5) is 16.5. The van der Waals surface area contributed by atoms with Gasteiger partial charge in [0.15, 0.2) is 5.71 Å². The lowest BCUT2D eigenvalue weighted by Crippen LogP contribution is -2.17. The van der Waals surface area contributed by atoms with Gasteiger partial charge >= 0.3 is 5.97 Å². The third-order valence-corrected chi connectivity index (χ3v) is 2.27. The van der Waals surface area contributed by atoms with Crippen LogP contribution in [-0.4, -0.2) is 17.8 Å². The molecule has 4 nitrogen and oxygen atoms in total. The van der Waals surface area contributed by atoms with Crippen LogP contribution in [0.4, 0.5) is 0 Å². The van der Waals surface area contributed by atoms with Crippen molar-refractivity contribution in [2.45, 2.75) is 26.1 Å². The van der Waals surface area contributed by atoms with Crippen LogP contribution in [0.25, 0.3) is 0 Å². The monoisotopic (exact) mass is 219 g/mol. The molecule has 4 heteroatoms. The molecular formula is C12H13NO3. The summed E-state index contributed by atoms with van der Waals surface area (Å²) in [5.74, 6) is -0.395. The Morgan fingerprint density at radius 3 is 2.88 bits per heavy atom. The first-order valence-corrected chi connectivity index (χ1v) is 5.19. The van der Waals surface area contributed by atoms with E-state index in [4.69, 9.17) is 9.57 Å². The molecule has 0 aliphatic carbocycles. The standard InChI is InChI=1S/C12H13NO3/c1-9-7-11(13-16-9)12(14)15-8-10-5-3-2-4-6-10/h2-6,9H,7-8H2,1H3. The topological polar surface area (TPSA) is 47.9 Å². The summed E-state index contributed by atoms with van der Waals surface area (Å²) in [6, 6.07) is 9.54. The van der Waals surface area contributed by atoms with Crippen molar-refractivity contribution in [3.8, 4) is 0 Å². The molecule has 0 N–H and O–H groups in total. The molecule has 0 fully saturated rings. The van der Waals surface area contributed by atoms with E-state index in [-0.39, 0.29) is 12.7 Å². The van der Waals surface area contributed by atoms with Gasteiger partial charge < -0.3 is 9.57 Å². The normalized spacial score (nSPS) is 18.8. The van der Waals surface area contributed by atoms with Gasteiger partial charge in [-0.05, 0) is 12.5 Å². The third kappa shape index (κ3) is 2.59. The van der Waals surface area contributed by atoms with Crippen LogP contribution in [0.2, 0.25) is 0 Å². The number of hydrogen-bond donors (Lipinski definition) is 0. The highest BCUT2D eigenvalue weighted by Gasteiger charge is 2.23. The van der Waals surface area contributed by atoms with Crippen molar-refractivity contribution in [3.05, 3.63) is 35.9 Å². The first kappa shape index (κ1) is 10.7. The van der Waals surface area contributed by atoms with Crippen LogP contribution < -0.4 is 0 Å². The van der Waals surface area contributed by atoms with Gasteiger partial charge in [-0.25, -0.2) is 4.79 Å². The molecule has 0 aromatic heterocycles. The molecule has 0 radical (unpaired) electrons. The van der Waals surface area contributed by atoms with Crippen molar-refractivity contribution < 1.29 is 14.4 Å². The smallest absolute Gasteiger partial charge is 0.356 e. The predicted octanol–water partition coefficient (Wildman–Crippen LogP) is 1.89. The lowest BCUT2D eigenvalue weighted by Gasteiger charge is -2.03. The van der Waals surface area contributed by atoms with Crippen molar-refractivity contribution in [2.24, 2.45) is 5.16 Å². The van der Waals surface area contributed by atoms with Gasteiger partial charge in [-0.1, -0.05) is 35.5 Å². The van der Waals surface area contributed by atoms with Gasteiger partial charge in [-0.2, -0.15) is 0 Å². The van der Waals surface area contributed by atoms with Gasteiger partial charge in [0, 0.05) is 6.42 Å². The molecule has 1 unspecified atom stereocenters. The van der Waals surface area contributed by atoms with E-state index >= 15 is 0 Å². The van der Waals surface area contributed by atoms with Crippen molar-refractivity contribution >= 4 is 11.7 Å². The SMILES string of the molecule is CC1CC(C(=O)OCc2ccccc2)=NO1. The van der Waals surface area contributed by atoms with E-state index in [1.807, 2.05) is 37.3 Å². The molecule has 0 spiro atoms. The second-order valence-electron chi connectivity index (χ2n) is 3.72. The Labute approximate surface area is 93.9 Å². The number of hydrogen-bond acceptors (Lipinski definition) is 4. The quantitative estimate of drug-likeness (QED) is 0.729. The van der Waals surface area contributed by atoms with E-state index in [9.17, 15) is 4.79 Å². The Morgan fingerprint density at radius 2 is 2.25 bits per heavy atom. The van der Waals surface area contributed by atoms with Gasteiger partial charge in [-0.15, -0.1) is 0 Å². The number of rotatable bonds is 3. The molecule has 16 heavy (non-hydrogen) atoms. The highest BCUT2D eigenvalue weighted by atomic mass is 16.6. The fraction of sp³-hybridized carbons (Fsp3) is 0.333. The second-order valence-corrected chi connectivity index (χ2v) is 3.72. The maximum absolute atomic E-state index is 11.5. The zero-order valence-electron chi connectivity index (χ0n) is 9.05. The summed E-state index contributed by atoms with van der Waals surface area (Å²) >= 11 is 0. The van der Waals surface area contributed by atoms with Gasteiger partial charge in [0.05, 0.1) is 0 Å². The number of benzene rings is 1. The molecular weight excluding hydrogens is 206 g/mol. The molecule has 1 heterocycles. The summed E-state index contributed by atoms with van der Waals surface area (Å²) in [6.07, 6.45) is 0.493. The van der Waals surface area contributed by atoms with Gasteiger partial charge in [0.25, 0.3) is 0 Å². The Hall–Kier alpha value is -1.84. The fourth-order valence-corrected chi connectivity index (χ4v) is 1.43. The van der Waals surface area contributed by atoms with Gasteiger partial charge in [-0.3, -0.25) is 0 Å². The van der Waals surface area contributed by atoms with Crippen LogP contribution in [0, 0.1) is 0 Å². The van der Waals surface area contributed by atoms with Gasteiger partial charge in [0.1, 0.15) is 12.7 Å². The minimum atomic E-state index is -0.395. The first-order valence-electron chi connectivity index (χ1n) is 5.19. The first-order chi connectivity index (χ1) is 7.75. The molecule has 0 amide bonds. The number of carbonyl (C=O) groups excluding carboxylic acids is 1. The van der Waals surface area contributed by atoms with Crippen molar-refractivity contribution in [1.82, 2.24) is 0 Å². The summed E-state index contributed by atoms with van der Waals surface area (Å²) in [5, 5.41) is 3.67. The second kappa shape index (κ2) is 4.79. The summed E-state index contributed by atoms with van der Waals surface area (Å²) in [7, 11) is 0. The van der Waals surface area contributed by atoms with Crippen LogP contribution in [0.15, 0.2) is 35.5 Å². The van der Waals surface area contributed by atoms with Crippen molar-refractivity contribution in [3.63, 3.8) is 0 Å². The van der Waals surface area contributed by atoms with E-state index in [0.29, 0.717) is 12.1 Å².